The zero-order valence-electron chi connectivity index (χ0n) is 7.92. The molecule has 3 rings (SSSR count). The van der Waals surface area contributed by atoms with Crippen molar-refractivity contribution >= 4 is 15.9 Å². The molecule has 3 heterocycles. The molecule has 15 heavy (non-hydrogen) atoms. The summed E-state index contributed by atoms with van der Waals surface area (Å²) in [5.74, 6) is 1.46. The molecule has 0 fully saturated rings. The van der Waals surface area contributed by atoms with E-state index in [0.717, 1.165) is 42.3 Å². The van der Waals surface area contributed by atoms with Gasteiger partial charge < -0.3 is 14.3 Å². The first-order valence-corrected chi connectivity index (χ1v) is 5.58. The van der Waals surface area contributed by atoms with E-state index in [1.165, 1.54) is 0 Å². The monoisotopic (exact) mass is 268 g/mol. The molecule has 1 N–H and O–H groups in total. The Hall–Kier alpha value is -1.07. The van der Waals surface area contributed by atoms with E-state index in [1.807, 2.05) is 12.1 Å². The summed E-state index contributed by atoms with van der Waals surface area (Å²) < 4.78 is 11.5. The molecule has 5 heteroatoms. The van der Waals surface area contributed by atoms with Gasteiger partial charge >= 0.3 is 0 Å². The fraction of sp³-hybridized carbons (Fsp3) is 0.300. The summed E-state index contributed by atoms with van der Waals surface area (Å²) >= 11 is 3.27. The summed E-state index contributed by atoms with van der Waals surface area (Å²) in [4.78, 5) is 0. The van der Waals surface area contributed by atoms with Crippen molar-refractivity contribution in [1.82, 2.24) is 10.5 Å². The lowest BCUT2D eigenvalue weighted by Gasteiger charge is -2.10. The minimum absolute atomic E-state index is 0.700. The van der Waals surface area contributed by atoms with Crippen molar-refractivity contribution in [2.45, 2.75) is 13.0 Å². The lowest BCUT2D eigenvalue weighted by atomic mass is 10.1. The fourth-order valence-corrected chi connectivity index (χ4v) is 2.08. The molecule has 0 saturated heterocycles. The fourth-order valence-electron chi connectivity index (χ4n) is 1.77. The largest absolute Gasteiger partial charge is 0.446 e. The molecule has 0 aliphatic carbocycles. The predicted molar refractivity (Wildman–Crippen MR) is 57.3 cm³/mol. The third-order valence-corrected chi connectivity index (χ3v) is 2.93. The lowest BCUT2D eigenvalue weighted by molar-refractivity contribution is 0.409. The van der Waals surface area contributed by atoms with Crippen molar-refractivity contribution in [3.8, 4) is 11.5 Å². The summed E-state index contributed by atoms with van der Waals surface area (Å²) in [6, 6.07) is 3.72. The molecule has 2 aromatic heterocycles. The minimum atomic E-state index is 0.700. The van der Waals surface area contributed by atoms with Gasteiger partial charge in [-0.25, -0.2) is 0 Å². The zero-order chi connectivity index (χ0) is 10.3. The maximum absolute atomic E-state index is 5.45. The van der Waals surface area contributed by atoms with Crippen molar-refractivity contribution in [3.63, 3.8) is 0 Å². The summed E-state index contributed by atoms with van der Waals surface area (Å²) in [6.07, 6.45) is 0.917. The molecule has 0 radical (unpaired) electrons. The number of furan rings is 1. The number of fused-ring (bicyclic) bond motifs is 1. The maximum Gasteiger partial charge on any atom is 0.206 e. The van der Waals surface area contributed by atoms with Gasteiger partial charge in [-0.15, -0.1) is 0 Å². The smallest absolute Gasteiger partial charge is 0.206 e. The topological polar surface area (TPSA) is 51.2 Å². The Morgan fingerprint density at radius 1 is 1.40 bits per heavy atom. The van der Waals surface area contributed by atoms with Crippen LogP contribution in [0.3, 0.4) is 0 Å². The van der Waals surface area contributed by atoms with Crippen LogP contribution in [0.5, 0.6) is 0 Å². The van der Waals surface area contributed by atoms with E-state index in [4.69, 9.17) is 8.94 Å². The quantitative estimate of drug-likeness (QED) is 0.863. The van der Waals surface area contributed by atoms with Crippen molar-refractivity contribution in [1.29, 1.82) is 0 Å². The van der Waals surface area contributed by atoms with Crippen LogP contribution < -0.4 is 5.32 Å². The average Bonchev–Trinajstić information content (AvgIpc) is 2.83. The number of rotatable bonds is 1. The molecule has 0 bridgehead atoms. The standard InChI is InChI=1S/C10H9BrN2O2/c11-9-2-1-8(14-9)10-6-5-12-4-3-7(6)13-15-10/h1-2,12H,3-5H2. The summed E-state index contributed by atoms with van der Waals surface area (Å²) in [5, 5.41) is 7.34. The van der Waals surface area contributed by atoms with Crippen LogP contribution in [0.25, 0.3) is 11.5 Å². The lowest BCUT2D eigenvalue weighted by Crippen LogP contribution is -2.23. The molecule has 78 valence electrons. The molecular weight excluding hydrogens is 260 g/mol. The predicted octanol–water partition coefficient (Wildman–Crippen LogP) is 2.34. The van der Waals surface area contributed by atoms with Crippen LogP contribution in [0.2, 0.25) is 0 Å². The molecule has 4 nitrogen and oxygen atoms in total. The molecule has 1 aliphatic rings. The number of hydrogen-bond donors (Lipinski definition) is 1. The SMILES string of the molecule is Brc1ccc(-c2onc3c2CNCC3)o1. The van der Waals surface area contributed by atoms with Crippen LogP contribution in [-0.4, -0.2) is 11.7 Å². The molecule has 0 saturated carbocycles. The molecular formula is C10H9BrN2O2. The second kappa shape index (κ2) is 3.50. The third-order valence-electron chi connectivity index (χ3n) is 2.51. The first kappa shape index (κ1) is 9.18. The molecule has 0 atom stereocenters. The van der Waals surface area contributed by atoms with Gasteiger partial charge in [-0.05, 0) is 28.1 Å². The van der Waals surface area contributed by atoms with Gasteiger partial charge in [-0.3, -0.25) is 0 Å². The molecule has 0 aromatic carbocycles. The van der Waals surface area contributed by atoms with Gasteiger partial charge in [0.2, 0.25) is 5.76 Å². The Balaban J connectivity index is 2.08. The number of halogens is 1. The van der Waals surface area contributed by atoms with Gasteiger partial charge in [0.15, 0.2) is 10.4 Å². The van der Waals surface area contributed by atoms with Gasteiger partial charge in [0.1, 0.15) is 0 Å². The second-order valence-corrected chi connectivity index (χ2v) is 4.25. The van der Waals surface area contributed by atoms with E-state index in [-0.39, 0.29) is 0 Å². The van der Waals surface area contributed by atoms with Gasteiger partial charge in [-0.2, -0.15) is 0 Å². The van der Waals surface area contributed by atoms with Crippen molar-refractivity contribution in [3.05, 3.63) is 28.1 Å². The van der Waals surface area contributed by atoms with E-state index in [9.17, 15) is 0 Å². The third kappa shape index (κ3) is 1.52. The Labute approximate surface area is 94.8 Å². The highest BCUT2D eigenvalue weighted by molar-refractivity contribution is 9.10. The average molecular weight is 269 g/mol. The Kier molecular flexibility index (Phi) is 2.14. The molecule has 1 aliphatic heterocycles. The van der Waals surface area contributed by atoms with Crippen molar-refractivity contribution in [2.24, 2.45) is 0 Å². The first-order chi connectivity index (χ1) is 7.34. The van der Waals surface area contributed by atoms with E-state index in [2.05, 4.69) is 26.4 Å². The first-order valence-electron chi connectivity index (χ1n) is 4.78. The van der Waals surface area contributed by atoms with E-state index in [0.29, 0.717) is 4.67 Å². The van der Waals surface area contributed by atoms with Gasteiger partial charge in [-0.1, -0.05) is 5.16 Å². The minimum Gasteiger partial charge on any atom is -0.446 e. The summed E-state index contributed by atoms with van der Waals surface area (Å²) in [5.41, 5.74) is 2.15. The van der Waals surface area contributed by atoms with Gasteiger partial charge in [0, 0.05) is 25.1 Å². The maximum atomic E-state index is 5.45. The van der Waals surface area contributed by atoms with Gasteiger partial charge in [0.05, 0.1) is 5.69 Å². The van der Waals surface area contributed by atoms with Crippen LogP contribution in [0.1, 0.15) is 11.3 Å². The number of hydrogen-bond acceptors (Lipinski definition) is 4. The Bertz CT molecular complexity index is 489. The van der Waals surface area contributed by atoms with Crippen LogP contribution in [0.4, 0.5) is 0 Å². The van der Waals surface area contributed by atoms with Crippen LogP contribution in [0.15, 0.2) is 25.7 Å². The highest BCUT2D eigenvalue weighted by Crippen LogP contribution is 2.30. The number of aromatic nitrogens is 1. The summed E-state index contributed by atoms with van der Waals surface area (Å²) in [7, 11) is 0. The van der Waals surface area contributed by atoms with Crippen molar-refractivity contribution in [2.75, 3.05) is 6.54 Å². The summed E-state index contributed by atoms with van der Waals surface area (Å²) in [6.45, 7) is 1.76. The highest BCUT2D eigenvalue weighted by Gasteiger charge is 2.21. The number of nitrogens with one attached hydrogen (secondary N) is 1. The van der Waals surface area contributed by atoms with E-state index in [1.54, 1.807) is 0 Å². The van der Waals surface area contributed by atoms with E-state index >= 15 is 0 Å². The Morgan fingerprint density at radius 2 is 2.33 bits per heavy atom. The normalized spacial score (nSPS) is 15.3. The Morgan fingerprint density at radius 3 is 3.13 bits per heavy atom. The van der Waals surface area contributed by atoms with Gasteiger partial charge in [0.25, 0.3) is 0 Å². The van der Waals surface area contributed by atoms with E-state index < -0.39 is 0 Å². The molecule has 2 aromatic rings. The second-order valence-electron chi connectivity index (χ2n) is 3.47. The number of nitrogens with zero attached hydrogens (tertiary/aromatic N) is 1. The van der Waals surface area contributed by atoms with Crippen molar-refractivity contribution < 1.29 is 8.94 Å². The molecule has 0 unspecified atom stereocenters. The molecule has 0 spiro atoms. The van der Waals surface area contributed by atoms with Crippen LogP contribution in [0, 0.1) is 0 Å². The van der Waals surface area contributed by atoms with Crippen LogP contribution >= 0.6 is 15.9 Å². The highest BCUT2D eigenvalue weighted by atomic mass is 79.9. The molecule has 0 amide bonds. The zero-order valence-corrected chi connectivity index (χ0v) is 9.50. The van der Waals surface area contributed by atoms with Crippen LogP contribution in [-0.2, 0) is 13.0 Å².